The van der Waals surface area contributed by atoms with Gasteiger partial charge in [0.15, 0.2) is 4.34 Å². The lowest BCUT2D eigenvalue weighted by Gasteiger charge is -2.20. The van der Waals surface area contributed by atoms with Crippen LogP contribution < -0.4 is 9.62 Å². The largest absolute Gasteiger partial charge is 0.296 e. The van der Waals surface area contributed by atoms with E-state index in [2.05, 4.69) is 15.5 Å². The standard InChI is InChI=1S/C13H16N4O3S3/c1-4-17(23(3,19)20)10-7-5-9(6-8-10)11(18)14-12-15-16-13(21-2)22-12/h5-8H,4H2,1-3H3,(H,14,15,18). The van der Waals surface area contributed by atoms with Gasteiger partial charge >= 0.3 is 0 Å². The lowest BCUT2D eigenvalue weighted by atomic mass is 10.2. The number of benzene rings is 1. The number of hydrogen-bond donors (Lipinski definition) is 1. The molecule has 124 valence electrons. The monoisotopic (exact) mass is 372 g/mol. The lowest BCUT2D eigenvalue weighted by molar-refractivity contribution is 0.102. The second-order valence-corrected chi connectivity index (χ2v) is 8.44. The van der Waals surface area contributed by atoms with Crippen LogP contribution in [0.5, 0.6) is 0 Å². The van der Waals surface area contributed by atoms with E-state index in [9.17, 15) is 13.2 Å². The van der Waals surface area contributed by atoms with Crippen molar-refractivity contribution in [3.8, 4) is 0 Å². The van der Waals surface area contributed by atoms with Crippen LogP contribution in [0, 0.1) is 0 Å². The van der Waals surface area contributed by atoms with E-state index in [1.165, 1.54) is 27.4 Å². The van der Waals surface area contributed by atoms with Crippen LogP contribution in [-0.4, -0.2) is 43.6 Å². The van der Waals surface area contributed by atoms with E-state index in [0.717, 1.165) is 10.6 Å². The van der Waals surface area contributed by atoms with E-state index in [1.807, 2.05) is 6.26 Å². The maximum atomic E-state index is 12.1. The van der Waals surface area contributed by atoms with Crippen molar-refractivity contribution < 1.29 is 13.2 Å². The molecule has 1 heterocycles. The summed E-state index contributed by atoms with van der Waals surface area (Å²) in [5.74, 6) is -0.317. The second-order valence-electron chi connectivity index (χ2n) is 4.51. The van der Waals surface area contributed by atoms with Gasteiger partial charge < -0.3 is 0 Å². The van der Waals surface area contributed by atoms with Gasteiger partial charge in [0, 0.05) is 12.1 Å². The molecule has 0 spiro atoms. The van der Waals surface area contributed by atoms with Gasteiger partial charge in [0.1, 0.15) is 0 Å². The van der Waals surface area contributed by atoms with Crippen LogP contribution in [0.25, 0.3) is 0 Å². The molecule has 10 heteroatoms. The highest BCUT2D eigenvalue weighted by atomic mass is 32.2. The molecule has 1 amide bonds. The Kier molecular flexibility index (Phi) is 5.60. The van der Waals surface area contributed by atoms with E-state index in [0.29, 0.717) is 22.9 Å². The summed E-state index contributed by atoms with van der Waals surface area (Å²) in [4.78, 5) is 12.1. The average molecular weight is 372 g/mol. The Bertz CT molecular complexity index is 787. The van der Waals surface area contributed by atoms with E-state index >= 15 is 0 Å². The van der Waals surface area contributed by atoms with Gasteiger partial charge in [0.2, 0.25) is 15.2 Å². The summed E-state index contributed by atoms with van der Waals surface area (Å²) in [6, 6.07) is 6.36. The first kappa shape index (κ1) is 17.7. The Balaban J connectivity index is 2.14. The summed E-state index contributed by atoms with van der Waals surface area (Å²) in [6.07, 6.45) is 3.03. The van der Waals surface area contributed by atoms with Crippen molar-refractivity contribution in [1.29, 1.82) is 0 Å². The lowest BCUT2D eigenvalue weighted by Crippen LogP contribution is -2.29. The minimum Gasteiger partial charge on any atom is -0.296 e. The van der Waals surface area contributed by atoms with Gasteiger partial charge in [-0.1, -0.05) is 23.1 Å². The Morgan fingerprint density at radius 3 is 2.43 bits per heavy atom. The Labute approximate surface area is 143 Å². The van der Waals surface area contributed by atoms with Crippen LogP contribution in [0.3, 0.4) is 0 Å². The maximum Gasteiger partial charge on any atom is 0.257 e. The Hall–Kier alpha value is -1.65. The van der Waals surface area contributed by atoms with Gasteiger partial charge in [-0.2, -0.15) is 0 Å². The number of aromatic nitrogens is 2. The summed E-state index contributed by atoms with van der Waals surface area (Å²) >= 11 is 2.75. The molecule has 0 unspecified atom stereocenters. The predicted molar refractivity (Wildman–Crippen MR) is 93.9 cm³/mol. The van der Waals surface area contributed by atoms with Crippen molar-refractivity contribution in [2.24, 2.45) is 0 Å². The summed E-state index contributed by atoms with van der Waals surface area (Å²) in [7, 11) is -3.34. The molecule has 0 fully saturated rings. The number of nitrogens with zero attached hydrogens (tertiary/aromatic N) is 3. The normalized spacial score (nSPS) is 11.3. The third-order valence-corrected chi connectivity index (χ3v) is 5.99. The highest BCUT2D eigenvalue weighted by molar-refractivity contribution is 8.00. The molecular formula is C13H16N4O3S3. The molecule has 0 saturated carbocycles. The molecular weight excluding hydrogens is 356 g/mol. The van der Waals surface area contributed by atoms with Gasteiger partial charge in [0.05, 0.1) is 11.9 Å². The number of carbonyl (C=O) groups excluding carboxylic acids is 1. The van der Waals surface area contributed by atoms with E-state index in [4.69, 9.17) is 0 Å². The molecule has 0 bridgehead atoms. The first-order chi connectivity index (χ1) is 10.8. The van der Waals surface area contributed by atoms with Crippen LogP contribution in [0.1, 0.15) is 17.3 Å². The SMILES string of the molecule is CCN(c1ccc(C(=O)Nc2nnc(SC)s2)cc1)S(C)(=O)=O. The molecule has 2 aromatic rings. The molecule has 1 aromatic heterocycles. The smallest absolute Gasteiger partial charge is 0.257 e. The molecule has 23 heavy (non-hydrogen) atoms. The molecule has 0 aliphatic heterocycles. The van der Waals surface area contributed by atoms with Crippen LogP contribution in [-0.2, 0) is 10.0 Å². The third kappa shape index (κ3) is 4.43. The fraction of sp³-hybridized carbons (Fsp3) is 0.308. The number of rotatable bonds is 6. The van der Waals surface area contributed by atoms with Crippen LogP contribution >= 0.6 is 23.1 Å². The van der Waals surface area contributed by atoms with Crippen LogP contribution in [0.2, 0.25) is 0 Å². The number of hydrogen-bond acceptors (Lipinski definition) is 7. The highest BCUT2D eigenvalue weighted by Crippen LogP contribution is 2.24. The first-order valence-corrected chi connectivity index (χ1v) is 10.5. The zero-order valence-electron chi connectivity index (χ0n) is 12.8. The molecule has 1 aromatic carbocycles. The quantitative estimate of drug-likeness (QED) is 0.618. The molecule has 0 aliphatic rings. The van der Waals surface area contributed by atoms with E-state index in [1.54, 1.807) is 31.2 Å². The summed E-state index contributed by atoms with van der Waals surface area (Å²) < 4.78 is 25.4. The number of nitrogens with one attached hydrogen (secondary N) is 1. The number of anilines is 2. The van der Waals surface area contributed by atoms with E-state index in [-0.39, 0.29) is 5.91 Å². The van der Waals surface area contributed by atoms with Gasteiger partial charge in [-0.3, -0.25) is 14.4 Å². The fourth-order valence-electron chi connectivity index (χ4n) is 1.90. The maximum absolute atomic E-state index is 12.1. The predicted octanol–water partition coefficient (Wildman–Crippen LogP) is 2.30. The molecule has 2 rings (SSSR count). The fourth-order valence-corrected chi connectivity index (χ4v) is 4.04. The van der Waals surface area contributed by atoms with Crippen molar-refractivity contribution in [3.05, 3.63) is 29.8 Å². The first-order valence-electron chi connectivity index (χ1n) is 6.61. The zero-order chi connectivity index (χ0) is 17.0. The minimum atomic E-state index is -3.34. The Morgan fingerprint density at radius 2 is 1.96 bits per heavy atom. The number of carbonyl (C=O) groups is 1. The van der Waals surface area contributed by atoms with Crippen molar-refractivity contribution in [1.82, 2.24) is 10.2 Å². The third-order valence-electron chi connectivity index (χ3n) is 2.91. The van der Waals surface area contributed by atoms with Gasteiger partial charge in [-0.05, 0) is 37.4 Å². The summed E-state index contributed by atoms with van der Waals surface area (Å²) in [6.45, 7) is 2.08. The van der Waals surface area contributed by atoms with Crippen molar-refractivity contribution in [3.63, 3.8) is 0 Å². The van der Waals surface area contributed by atoms with Crippen molar-refractivity contribution >= 4 is 49.8 Å². The van der Waals surface area contributed by atoms with Crippen LogP contribution in [0.15, 0.2) is 28.6 Å². The van der Waals surface area contributed by atoms with Gasteiger partial charge in [0.25, 0.3) is 5.91 Å². The van der Waals surface area contributed by atoms with Gasteiger partial charge in [-0.25, -0.2) is 8.42 Å². The number of thioether (sulfide) groups is 1. The number of amides is 1. The average Bonchev–Trinajstić information content (AvgIpc) is 2.95. The second kappa shape index (κ2) is 7.28. The van der Waals surface area contributed by atoms with E-state index < -0.39 is 10.0 Å². The van der Waals surface area contributed by atoms with Crippen molar-refractivity contribution in [2.45, 2.75) is 11.3 Å². The van der Waals surface area contributed by atoms with Crippen molar-refractivity contribution in [2.75, 3.05) is 28.7 Å². The zero-order valence-corrected chi connectivity index (χ0v) is 15.3. The molecule has 7 nitrogen and oxygen atoms in total. The molecule has 1 N–H and O–H groups in total. The molecule has 0 aliphatic carbocycles. The topological polar surface area (TPSA) is 92.3 Å². The molecule has 0 saturated heterocycles. The summed E-state index contributed by atoms with van der Waals surface area (Å²) in [5, 5.41) is 10.9. The van der Waals surface area contributed by atoms with Gasteiger partial charge in [-0.15, -0.1) is 10.2 Å². The molecule has 0 radical (unpaired) electrons. The van der Waals surface area contributed by atoms with Crippen LogP contribution in [0.4, 0.5) is 10.8 Å². The highest BCUT2D eigenvalue weighted by Gasteiger charge is 2.16. The Morgan fingerprint density at radius 1 is 1.30 bits per heavy atom. The molecule has 0 atom stereocenters. The minimum absolute atomic E-state index is 0.317. The number of sulfonamides is 1. The summed E-state index contributed by atoms with van der Waals surface area (Å²) in [5.41, 5.74) is 0.936.